The average Bonchev–Trinajstić information content (AvgIpc) is 3.32. The average molecular weight is 545 g/mol. The molecule has 39 heavy (non-hydrogen) atoms. The predicted molar refractivity (Wildman–Crippen MR) is 137 cm³/mol. The molecule has 0 radical (unpaired) electrons. The Bertz CT molecular complexity index is 1340. The van der Waals surface area contributed by atoms with Crippen LogP contribution in [0.2, 0.25) is 0 Å². The second-order valence-electron chi connectivity index (χ2n) is 10.6. The van der Waals surface area contributed by atoms with Crippen molar-refractivity contribution in [1.82, 2.24) is 24.8 Å². The van der Waals surface area contributed by atoms with E-state index in [1.807, 2.05) is 6.07 Å². The summed E-state index contributed by atoms with van der Waals surface area (Å²) in [5.41, 5.74) is 8.88. The van der Waals surface area contributed by atoms with Gasteiger partial charge < -0.3 is 25.1 Å². The number of piperidine rings is 2. The van der Waals surface area contributed by atoms with Crippen LogP contribution < -0.4 is 10.5 Å². The van der Waals surface area contributed by atoms with Crippen LogP contribution in [-0.4, -0.2) is 82.5 Å². The molecule has 2 aromatic heterocycles. The zero-order valence-electron chi connectivity index (χ0n) is 21.4. The maximum absolute atomic E-state index is 13.1. The number of fused-ring (bicyclic) bond motifs is 1. The summed E-state index contributed by atoms with van der Waals surface area (Å²) < 4.78 is 46.7. The molecule has 6 rings (SSSR count). The number of aromatic amines is 1. The van der Waals surface area contributed by atoms with Crippen molar-refractivity contribution in [2.45, 2.75) is 49.9 Å². The Labute approximate surface area is 223 Å². The lowest BCUT2D eigenvalue weighted by Crippen LogP contribution is -2.51. The number of hydrogen-bond donors (Lipinski definition) is 2. The summed E-state index contributed by atoms with van der Waals surface area (Å²) in [6, 6.07) is 6.02. The van der Waals surface area contributed by atoms with Crippen LogP contribution in [0.1, 0.15) is 59.3 Å². The number of nitrogen functional groups attached to an aromatic ring is 1. The number of carbonyl (C=O) groups excluding carboxylic acids is 1. The highest BCUT2D eigenvalue weighted by Gasteiger charge is 2.33. The Balaban J connectivity index is 1.10. The normalized spacial score (nSPS) is 20.3. The topological polar surface area (TPSA) is 110 Å². The summed E-state index contributed by atoms with van der Waals surface area (Å²) >= 11 is 0. The Kier molecular flexibility index (Phi) is 6.84. The molecule has 5 heterocycles. The van der Waals surface area contributed by atoms with E-state index < -0.39 is 12.1 Å². The third-order valence-electron chi connectivity index (χ3n) is 8.20. The van der Waals surface area contributed by atoms with Gasteiger partial charge in [-0.1, -0.05) is 0 Å². The van der Waals surface area contributed by atoms with E-state index in [2.05, 4.69) is 19.6 Å². The van der Waals surface area contributed by atoms with E-state index in [9.17, 15) is 18.0 Å². The van der Waals surface area contributed by atoms with Crippen molar-refractivity contribution in [3.8, 4) is 5.75 Å². The molecule has 0 unspecified atom stereocenters. The van der Waals surface area contributed by atoms with Gasteiger partial charge in [-0.05, 0) is 68.5 Å². The van der Waals surface area contributed by atoms with Gasteiger partial charge in [0.1, 0.15) is 11.6 Å². The highest BCUT2D eigenvalue weighted by molar-refractivity contribution is 5.99. The number of nitrogens with zero attached hydrogens (tertiary/aromatic N) is 4. The lowest BCUT2D eigenvalue weighted by molar-refractivity contribution is -0.274. The highest BCUT2D eigenvalue weighted by Crippen LogP contribution is 2.35. The number of hydrogen-bond acceptors (Lipinski definition) is 7. The van der Waals surface area contributed by atoms with Crippen LogP contribution >= 0.6 is 0 Å². The summed E-state index contributed by atoms with van der Waals surface area (Å²) in [5.74, 6) is 0.855. The number of nitrogens with two attached hydrogens (primary N) is 1. The summed E-state index contributed by atoms with van der Waals surface area (Å²) in [6.45, 7) is 4.79. The minimum absolute atomic E-state index is 0.0449. The first-order chi connectivity index (χ1) is 18.7. The molecule has 3 aliphatic rings. The van der Waals surface area contributed by atoms with Gasteiger partial charge in [-0.2, -0.15) is 0 Å². The molecule has 0 spiro atoms. The van der Waals surface area contributed by atoms with Crippen LogP contribution in [0.4, 0.5) is 18.9 Å². The van der Waals surface area contributed by atoms with E-state index in [0.29, 0.717) is 25.0 Å². The van der Waals surface area contributed by atoms with Crippen molar-refractivity contribution in [2.75, 3.05) is 45.1 Å². The molecule has 3 aromatic rings. The molecular formula is C27H31F3N6O3. The van der Waals surface area contributed by atoms with Gasteiger partial charge in [-0.25, -0.2) is 9.97 Å². The van der Waals surface area contributed by atoms with Gasteiger partial charge in [-0.15, -0.1) is 13.2 Å². The van der Waals surface area contributed by atoms with Gasteiger partial charge >= 0.3 is 6.36 Å². The number of alkyl halides is 3. The largest absolute Gasteiger partial charge is 0.573 e. The molecule has 3 saturated heterocycles. The fourth-order valence-electron chi connectivity index (χ4n) is 5.95. The first-order valence-corrected chi connectivity index (χ1v) is 13.4. The molecule has 0 aliphatic carbocycles. The molecule has 3 N–H and O–H groups in total. The van der Waals surface area contributed by atoms with Crippen LogP contribution in [0.15, 0.2) is 30.5 Å². The lowest BCUT2D eigenvalue weighted by atomic mass is 9.89. The van der Waals surface area contributed by atoms with Crippen molar-refractivity contribution >= 4 is 22.8 Å². The van der Waals surface area contributed by atoms with Crippen molar-refractivity contribution in [3.63, 3.8) is 0 Å². The number of aromatic nitrogens is 3. The molecule has 0 bridgehead atoms. The lowest BCUT2D eigenvalue weighted by Gasteiger charge is -2.41. The van der Waals surface area contributed by atoms with Gasteiger partial charge in [0, 0.05) is 37.0 Å². The Morgan fingerprint density at radius 2 is 1.77 bits per heavy atom. The number of halogens is 3. The van der Waals surface area contributed by atoms with Gasteiger partial charge in [0.25, 0.3) is 5.91 Å². The number of imidazole rings is 1. The van der Waals surface area contributed by atoms with Crippen LogP contribution in [0, 0.1) is 0 Å². The van der Waals surface area contributed by atoms with E-state index in [0.717, 1.165) is 86.7 Å². The van der Waals surface area contributed by atoms with Gasteiger partial charge in [-0.3, -0.25) is 9.69 Å². The van der Waals surface area contributed by atoms with E-state index in [4.69, 9.17) is 15.5 Å². The third-order valence-corrected chi connectivity index (χ3v) is 8.20. The number of ether oxygens (including phenoxy) is 2. The molecule has 0 saturated carbocycles. The van der Waals surface area contributed by atoms with Gasteiger partial charge in [0.2, 0.25) is 0 Å². The number of pyridine rings is 1. The maximum atomic E-state index is 13.1. The molecule has 208 valence electrons. The van der Waals surface area contributed by atoms with Crippen molar-refractivity contribution in [1.29, 1.82) is 0 Å². The van der Waals surface area contributed by atoms with Gasteiger partial charge in [0.15, 0.2) is 5.65 Å². The van der Waals surface area contributed by atoms with Crippen LogP contribution in [0.5, 0.6) is 5.75 Å². The zero-order chi connectivity index (χ0) is 27.1. The monoisotopic (exact) mass is 544 g/mol. The SMILES string of the molecule is Nc1cc(OC(F)(F)F)ccc1C(=O)N1CCC(c2ccnc3nc(C4CCN(C5COC5)CC4)[nH]c23)CC1. The fourth-order valence-corrected chi connectivity index (χ4v) is 5.95. The predicted octanol–water partition coefficient (Wildman–Crippen LogP) is 4.04. The minimum atomic E-state index is -4.82. The fraction of sp³-hybridized carbons (Fsp3) is 0.519. The summed E-state index contributed by atoms with van der Waals surface area (Å²) in [4.78, 5) is 30.2. The first kappa shape index (κ1) is 25.9. The molecule has 3 aliphatic heterocycles. The Hall–Kier alpha value is -3.38. The maximum Gasteiger partial charge on any atom is 0.573 e. The number of likely N-dealkylation sites (tertiary alicyclic amines) is 2. The number of H-pyrrole nitrogens is 1. The standard InChI is InChI=1S/C27H31F3N6O3/c28-27(29,30)39-19-1-2-21(22(31)13-19)26(37)36-11-4-16(5-12-36)20-3-8-32-25-23(20)33-24(34-25)17-6-9-35(10-7-17)18-14-38-15-18/h1-3,8,13,16-18H,4-7,9-12,14-15,31H2,(H,32,33,34). The summed E-state index contributed by atoms with van der Waals surface area (Å²) in [6.07, 6.45) is 0.574. The van der Waals surface area contributed by atoms with Crippen LogP contribution in [0.3, 0.4) is 0 Å². The number of benzene rings is 1. The number of amides is 1. The minimum Gasteiger partial charge on any atom is -0.406 e. The Morgan fingerprint density at radius 3 is 2.41 bits per heavy atom. The van der Waals surface area contributed by atoms with Crippen molar-refractivity contribution < 1.29 is 27.4 Å². The third kappa shape index (κ3) is 5.40. The molecule has 3 fully saturated rings. The highest BCUT2D eigenvalue weighted by atomic mass is 19.4. The molecule has 12 heteroatoms. The van der Waals surface area contributed by atoms with Gasteiger partial charge in [0.05, 0.1) is 30.3 Å². The number of carbonyl (C=O) groups is 1. The van der Waals surface area contributed by atoms with E-state index in [-0.39, 0.29) is 23.1 Å². The number of anilines is 1. The van der Waals surface area contributed by atoms with Crippen LogP contribution in [-0.2, 0) is 4.74 Å². The zero-order valence-corrected chi connectivity index (χ0v) is 21.4. The second-order valence-corrected chi connectivity index (χ2v) is 10.6. The quantitative estimate of drug-likeness (QED) is 0.467. The molecule has 9 nitrogen and oxygen atoms in total. The van der Waals surface area contributed by atoms with E-state index in [1.165, 1.54) is 6.07 Å². The first-order valence-electron chi connectivity index (χ1n) is 13.4. The molecule has 1 amide bonds. The van der Waals surface area contributed by atoms with E-state index >= 15 is 0 Å². The van der Waals surface area contributed by atoms with Crippen molar-refractivity contribution in [3.05, 3.63) is 47.4 Å². The summed E-state index contributed by atoms with van der Waals surface area (Å²) in [5, 5.41) is 0. The second kappa shape index (κ2) is 10.3. The molecular weight excluding hydrogens is 513 g/mol. The smallest absolute Gasteiger partial charge is 0.406 e. The van der Waals surface area contributed by atoms with Crippen molar-refractivity contribution in [2.24, 2.45) is 0 Å². The number of nitrogens with one attached hydrogen (secondary N) is 1. The van der Waals surface area contributed by atoms with E-state index in [1.54, 1.807) is 11.1 Å². The van der Waals surface area contributed by atoms with Crippen LogP contribution in [0.25, 0.3) is 11.2 Å². The Morgan fingerprint density at radius 1 is 1.05 bits per heavy atom. The molecule has 1 aromatic carbocycles. The number of rotatable bonds is 5. The summed E-state index contributed by atoms with van der Waals surface area (Å²) in [7, 11) is 0. The molecule has 0 atom stereocenters.